The van der Waals surface area contributed by atoms with E-state index in [1.165, 1.54) is 38.5 Å². The van der Waals surface area contributed by atoms with Crippen molar-refractivity contribution in [2.24, 2.45) is 11.8 Å². The Labute approximate surface area is 184 Å². The summed E-state index contributed by atoms with van der Waals surface area (Å²) in [5, 5.41) is 0. The molecule has 1 aromatic rings. The van der Waals surface area contributed by atoms with E-state index in [-0.39, 0.29) is 11.9 Å². The maximum atomic E-state index is 13.0. The van der Waals surface area contributed by atoms with E-state index in [0.717, 1.165) is 12.8 Å². The van der Waals surface area contributed by atoms with Crippen molar-refractivity contribution in [2.75, 3.05) is 19.7 Å². The summed E-state index contributed by atoms with van der Waals surface area (Å²) in [5.41, 5.74) is 1.01. The lowest BCUT2D eigenvalue weighted by atomic mass is 10.1. The van der Waals surface area contributed by atoms with Crippen molar-refractivity contribution >= 4 is 11.9 Å². The highest BCUT2D eigenvalue weighted by atomic mass is 16.5. The van der Waals surface area contributed by atoms with Crippen molar-refractivity contribution in [2.45, 2.75) is 86.0 Å². The first-order valence-electron chi connectivity index (χ1n) is 11.9. The van der Waals surface area contributed by atoms with Gasteiger partial charge in [0.1, 0.15) is 0 Å². The second kappa shape index (κ2) is 15.0. The maximum absolute atomic E-state index is 13.0. The average Bonchev–Trinajstić information content (AvgIpc) is 2.70. The van der Waals surface area contributed by atoms with Gasteiger partial charge in [-0.25, -0.2) is 4.79 Å². The number of unbranched alkanes of at least 4 members (excludes halogenated alkanes) is 7. The van der Waals surface area contributed by atoms with Crippen LogP contribution in [0.2, 0.25) is 0 Å². The number of benzene rings is 1. The monoisotopic (exact) mass is 417 g/mol. The van der Waals surface area contributed by atoms with E-state index in [2.05, 4.69) is 34.6 Å². The quantitative estimate of drug-likeness (QED) is 0.234. The van der Waals surface area contributed by atoms with Crippen molar-refractivity contribution < 1.29 is 14.3 Å². The van der Waals surface area contributed by atoms with E-state index >= 15 is 0 Å². The molecule has 170 valence electrons. The fraction of sp³-hybridized carbons (Fsp3) is 0.692. The predicted molar refractivity (Wildman–Crippen MR) is 125 cm³/mol. The van der Waals surface area contributed by atoms with Gasteiger partial charge < -0.3 is 9.64 Å². The van der Waals surface area contributed by atoms with Gasteiger partial charge in [-0.05, 0) is 36.5 Å². The molecule has 1 aromatic carbocycles. The Kier molecular flexibility index (Phi) is 13.1. The summed E-state index contributed by atoms with van der Waals surface area (Å²) < 4.78 is 5.43. The molecule has 0 aliphatic heterocycles. The molecule has 0 N–H and O–H groups in total. The first kappa shape index (κ1) is 26.2. The van der Waals surface area contributed by atoms with Crippen LogP contribution in [-0.4, -0.2) is 36.5 Å². The van der Waals surface area contributed by atoms with Crippen LogP contribution in [0.3, 0.4) is 0 Å². The molecule has 0 heterocycles. The van der Waals surface area contributed by atoms with Crippen LogP contribution in [0.4, 0.5) is 0 Å². The Morgan fingerprint density at radius 2 is 1.37 bits per heavy atom. The smallest absolute Gasteiger partial charge is 0.338 e. The van der Waals surface area contributed by atoms with Crippen LogP contribution in [0.1, 0.15) is 107 Å². The molecule has 0 aliphatic carbocycles. The zero-order chi connectivity index (χ0) is 22.4. The van der Waals surface area contributed by atoms with Crippen molar-refractivity contribution in [3.8, 4) is 0 Å². The molecule has 0 saturated carbocycles. The van der Waals surface area contributed by atoms with Gasteiger partial charge in [0.2, 0.25) is 0 Å². The van der Waals surface area contributed by atoms with Gasteiger partial charge in [-0.2, -0.15) is 0 Å². The summed E-state index contributed by atoms with van der Waals surface area (Å²) in [5.74, 6) is 0.432. The molecule has 0 atom stereocenters. The first-order valence-corrected chi connectivity index (χ1v) is 11.9. The molecule has 0 aliphatic rings. The van der Waals surface area contributed by atoms with E-state index in [0.29, 0.717) is 42.7 Å². The number of hydrogen-bond acceptors (Lipinski definition) is 3. The normalized spacial score (nSPS) is 11.2. The van der Waals surface area contributed by atoms with E-state index < -0.39 is 0 Å². The number of esters is 1. The van der Waals surface area contributed by atoms with Crippen molar-refractivity contribution in [3.63, 3.8) is 0 Å². The van der Waals surface area contributed by atoms with Crippen LogP contribution in [0.25, 0.3) is 0 Å². The van der Waals surface area contributed by atoms with E-state index in [4.69, 9.17) is 4.74 Å². The van der Waals surface area contributed by atoms with E-state index in [1.54, 1.807) is 24.3 Å². The Balaban J connectivity index is 2.51. The minimum Gasteiger partial charge on any atom is -0.462 e. The van der Waals surface area contributed by atoms with Crippen LogP contribution in [0.5, 0.6) is 0 Å². The minimum atomic E-state index is -0.341. The minimum absolute atomic E-state index is 0.0184. The maximum Gasteiger partial charge on any atom is 0.338 e. The molecule has 0 saturated heterocycles. The van der Waals surface area contributed by atoms with Crippen LogP contribution >= 0.6 is 0 Å². The molecule has 0 fully saturated rings. The Morgan fingerprint density at radius 1 is 0.833 bits per heavy atom. The van der Waals surface area contributed by atoms with Gasteiger partial charge in [0.05, 0.1) is 12.2 Å². The van der Waals surface area contributed by atoms with Crippen LogP contribution in [0.15, 0.2) is 24.3 Å². The summed E-state index contributed by atoms with van der Waals surface area (Å²) in [4.78, 5) is 27.3. The third-order valence-corrected chi connectivity index (χ3v) is 5.03. The summed E-state index contributed by atoms with van der Waals surface area (Å²) >= 11 is 0. The largest absolute Gasteiger partial charge is 0.462 e. The Bertz CT molecular complexity index is 614. The number of hydrogen-bond donors (Lipinski definition) is 0. The highest BCUT2D eigenvalue weighted by Crippen LogP contribution is 2.14. The number of carbonyl (C=O) groups excluding carboxylic acids is 2. The van der Waals surface area contributed by atoms with Gasteiger partial charge in [-0.1, -0.05) is 85.6 Å². The lowest BCUT2D eigenvalue weighted by Gasteiger charge is -2.26. The summed E-state index contributed by atoms with van der Waals surface area (Å²) in [7, 11) is 0. The number of nitrogens with zero attached hydrogens (tertiary/aromatic N) is 1. The standard InChI is InChI=1S/C26H43NO3/c1-6-7-8-9-10-11-12-13-17-30-26(29)24-16-14-15-23(18-24)25(28)27(19-21(2)3)20-22(4)5/h14-16,18,21-22H,6-13,17,19-20H2,1-5H3. The summed E-state index contributed by atoms with van der Waals surface area (Å²) in [6, 6.07) is 6.95. The summed E-state index contributed by atoms with van der Waals surface area (Å²) in [6.45, 7) is 12.5. The van der Waals surface area contributed by atoms with Gasteiger partial charge in [-0.15, -0.1) is 0 Å². The molecule has 0 radical (unpaired) electrons. The number of amides is 1. The van der Waals surface area contributed by atoms with Crippen LogP contribution in [0, 0.1) is 11.8 Å². The molecule has 4 nitrogen and oxygen atoms in total. The molecule has 1 rings (SSSR count). The second-order valence-electron chi connectivity index (χ2n) is 9.19. The van der Waals surface area contributed by atoms with Crippen molar-refractivity contribution in [3.05, 3.63) is 35.4 Å². The lowest BCUT2D eigenvalue weighted by Crippen LogP contribution is -2.37. The number of carbonyl (C=O) groups is 2. The van der Waals surface area contributed by atoms with Gasteiger partial charge in [0, 0.05) is 18.7 Å². The van der Waals surface area contributed by atoms with E-state index in [9.17, 15) is 9.59 Å². The molecule has 0 unspecified atom stereocenters. The topological polar surface area (TPSA) is 46.6 Å². The number of rotatable bonds is 15. The lowest BCUT2D eigenvalue weighted by molar-refractivity contribution is 0.0497. The molecule has 4 heteroatoms. The predicted octanol–water partition coefficient (Wildman–Crippen LogP) is 6.74. The van der Waals surface area contributed by atoms with E-state index in [1.807, 2.05) is 4.90 Å². The van der Waals surface area contributed by atoms with Gasteiger partial charge in [0.25, 0.3) is 5.91 Å². The molecule has 1 amide bonds. The SMILES string of the molecule is CCCCCCCCCCOC(=O)c1cccc(C(=O)N(CC(C)C)CC(C)C)c1. The molecule has 0 spiro atoms. The molecular weight excluding hydrogens is 374 g/mol. The molecular formula is C26H43NO3. The highest BCUT2D eigenvalue weighted by molar-refractivity contribution is 5.98. The second-order valence-corrected chi connectivity index (χ2v) is 9.19. The zero-order valence-corrected chi connectivity index (χ0v) is 19.9. The van der Waals surface area contributed by atoms with Gasteiger partial charge in [-0.3, -0.25) is 4.79 Å². The number of ether oxygens (including phenoxy) is 1. The van der Waals surface area contributed by atoms with Crippen LogP contribution < -0.4 is 0 Å². The van der Waals surface area contributed by atoms with Crippen LogP contribution in [-0.2, 0) is 4.74 Å². The Morgan fingerprint density at radius 3 is 1.93 bits per heavy atom. The molecule has 30 heavy (non-hydrogen) atoms. The van der Waals surface area contributed by atoms with Gasteiger partial charge in [0.15, 0.2) is 0 Å². The third-order valence-electron chi connectivity index (χ3n) is 5.03. The van der Waals surface area contributed by atoms with Crippen molar-refractivity contribution in [1.82, 2.24) is 4.90 Å². The fourth-order valence-corrected chi connectivity index (χ4v) is 3.57. The van der Waals surface area contributed by atoms with Crippen molar-refractivity contribution in [1.29, 1.82) is 0 Å². The average molecular weight is 418 g/mol. The highest BCUT2D eigenvalue weighted by Gasteiger charge is 2.19. The summed E-state index contributed by atoms with van der Waals surface area (Å²) in [6.07, 6.45) is 9.69. The zero-order valence-electron chi connectivity index (χ0n) is 19.9. The molecule has 0 bridgehead atoms. The molecule has 0 aromatic heterocycles. The third kappa shape index (κ3) is 10.8. The van der Waals surface area contributed by atoms with Gasteiger partial charge >= 0.3 is 5.97 Å². The first-order chi connectivity index (χ1) is 14.3. The Hall–Kier alpha value is -1.84. The fourth-order valence-electron chi connectivity index (χ4n) is 3.57.